The summed E-state index contributed by atoms with van der Waals surface area (Å²) >= 11 is 0. The van der Waals surface area contributed by atoms with Crippen LogP contribution in [0.25, 0.3) is 0 Å². The predicted octanol–water partition coefficient (Wildman–Crippen LogP) is 5.11. The molecule has 0 N–H and O–H groups in total. The van der Waals surface area contributed by atoms with Gasteiger partial charge in [0.2, 0.25) is 0 Å². The van der Waals surface area contributed by atoms with Gasteiger partial charge in [0.25, 0.3) is 0 Å². The van der Waals surface area contributed by atoms with Gasteiger partial charge in [0.05, 0.1) is 6.04 Å². The lowest BCUT2D eigenvalue weighted by atomic mass is 9.45. The van der Waals surface area contributed by atoms with E-state index in [1.165, 1.54) is 51.6 Å². The van der Waals surface area contributed by atoms with Crippen LogP contribution < -0.4 is 0 Å². The first-order valence-electron chi connectivity index (χ1n) is 13.6. The molecule has 4 aliphatic rings. The van der Waals surface area contributed by atoms with E-state index >= 15 is 0 Å². The molecular weight excluding hydrogens is 412 g/mol. The third-order valence-electron chi connectivity index (χ3n) is 11.0. The van der Waals surface area contributed by atoms with Gasteiger partial charge < -0.3 is 9.64 Å². The second-order valence-corrected chi connectivity index (χ2v) is 12.1. The molecule has 6 heteroatoms. The molecule has 6 nitrogen and oxygen atoms in total. The second kappa shape index (κ2) is 8.66. The maximum atomic E-state index is 12.1. The Morgan fingerprint density at radius 3 is 2.48 bits per heavy atom. The molecule has 0 saturated heterocycles. The first-order chi connectivity index (χ1) is 15.8. The molecule has 0 radical (unpaired) electrons. The van der Waals surface area contributed by atoms with Crippen LogP contribution in [0.1, 0.15) is 92.0 Å². The van der Waals surface area contributed by atoms with Crippen molar-refractivity contribution in [2.75, 3.05) is 13.1 Å². The number of nitrogens with zero attached hydrogens (tertiary/aromatic N) is 4. The number of carbonyl (C=O) groups is 1. The number of rotatable bonds is 5. The van der Waals surface area contributed by atoms with Gasteiger partial charge in [-0.2, -0.15) is 5.10 Å². The Hall–Kier alpha value is -1.43. The average Bonchev–Trinajstić information content (AvgIpc) is 3.41. The van der Waals surface area contributed by atoms with Gasteiger partial charge in [-0.05, 0) is 93.5 Å². The molecule has 1 aromatic rings. The molecule has 5 rings (SSSR count). The zero-order valence-electron chi connectivity index (χ0n) is 21.4. The van der Waals surface area contributed by atoms with E-state index in [0.29, 0.717) is 11.3 Å². The first-order valence-corrected chi connectivity index (χ1v) is 13.6. The normalized spacial score (nSPS) is 44.7. The molecule has 0 unspecified atom stereocenters. The van der Waals surface area contributed by atoms with Gasteiger partial charge in [0.1, 0.15) is 18.8 Å². The molecule has 4 saturated carbocycles. The van der Waals surface area contributed by atoms with Crippen molar-refractivity contribution < 1.29 is 9.53 Å². The Balaban J connectivity index is 1.40. The largest absolute Gasteiger partial charge is 0.460 e. The smallest absolute Gasteiger partial charge is 0.302 e. The van der Waals surface area contributed by atoms with E-state index < -0.39 is 0 Å². The minimum absolute atomic E-state index is 0.0328. The molecule has 4 fully saturated rings. The van der Waals surface area contributed by atoms with Crippen molar-refractivity contribution in [1.29, 1.82) is 0 Å². The van der Waals surface area contributed by atoms with Gasteiger partial charge in [-0.1, -0.05) is 27.7 Å². The summed E-state index contributed by atoms with van der Waals surface area (Å²) in [5, 5.41) is 4.48. The van der Waals surface area contributed by atoms with Gasteiger partial charge in [-0.15, -0.1) is 0 Å². The fraction of sp³-hybridized carbons (Fsp3) is 0.889. The quantitative estimate of drug-likeness (QED) is 0.576. The van der Waals surface area contributed by atoms with E-state index in [1.54, 1.807) is 13.3 Å². The monoisotopic (exact) mass is 456 g/mol. The molecule has 0 bridgehead atoms. The third kappa shape index (κ3) is 3.66. The summed E-state index contributed by atoms with van der Waals surface area (Å²) in [6.45, 7) is 13.6. The van der Waals surface area contributed by atoms with Gasteiger partial charge in [-0.3, -0.25) is 4.79 Å². The zero-order valence-corrected chi connectivity index (χ0v) is 21.4. The Morgan fingerprint density at radius 2 is 1.82 bits per heavy atom. The van der Waals surface area contributed by atoms with E-state index in [9.17, 15) is 4.79 Å². The molecule has 184 valence electrons. The molecule has 4 aliphatic carbocycles. The first kappa shape index (κ1) is 23.3. The van der Waals surface area contributed by atoms with Crippen LogP contribution in [-0.2, 0) is 9.53 Å². The van der Waals surface area contributed by atoms with Crippen LogP contribution >= 0.6 is 0 Å². The summed E-state index contributed by atoms with van der Waals surface area (Å²) in [5.74, 6) is 2.83. The fourth-order valence-corrected chi connectivity index (χ4v) is 9.30. The molecule has 1 heterocycles. The highest BCUT2D eigenvalue weighted by molar-refractivity contribution is 5.66. The highest BCUT2D eigenvalue weighted by Crippen LogP contribution is 2.68. The molecule has 0 aromatic carbocycles. The predicted molar refractivity (Wildman–Crippen MR) is 128 cm³/mol. The lowest BCUT2D eigenvalue weighted by molar-refractivity contribution is -0.164. The van der Waals surface area contributed by atoms with E-state index in [2.05, 4.69) is 42.7 Å². The van der Waals surface area contributed by atoms with Crippen molar-refractivity contribution in [3.8, 4) is 0 Å². The van der Waals surface area contributed by atoms with E-state index in [1.807, 2.05) is 11.0 Å². The van der Waals surface area contributed by atoms with Crippen molar-refractivity contribution in [3.05, 3.63) is 12.7 Å². The lowest BCUT2D eigenvalue weighted by Crippen LogP contribution is -2.56. The Kier molecular flexibility index (Phi) is 6.12. The van der Waals surface area contributed by atoms with Crippen molar-refractivity contribution >= 4 is 5.97 Å². The number of esters is 1. The summed E-state index contributed by atoms with van der Waals surface area (Å²) in [5.41, 5.74) is 0.501. The lowest BCUT2D eigenvalue weighted by Gasteiger charge is -2.61. The third-order valence-corrected chi connectivity index (χ3v) is 11.0. The summed E-state index contributed by atoms with van der Waals surface area (Å²) in [6, 6.07) is 0.883. The van der Waals surface area contributed by atoms with Gasteiger partial charge >= 0.3 is 5.97 Å². The van der Waals surface area contributed by atoms with Crippen molar-refractivity contribution in [2.24, 2.45) is 34.5 Å². The Morgan fingerprint density at radius 1 is 1.06 bits per heavy atom. The van der Waals surface area contributed by atoms with E-state index in [0.717, 1.165) is 36.6 Å². The van der Waals surface area contributed by atoms with Crippen molar-refractivity contribution in [3.63, 3.8) is 0 Å². The van der Waals surface area contributed by atoms with Gasteiger partial charge in [0, 0.05) is 18.4 Å². The van der Waals surface area contributed by atoms with Crippen LogP contribution in [0.15, 0.2) is 12.7 Å². The Bertz CT molecular complexity index is 839. The Labute approximate surface area is 199 Å². The summed E-state index contributed by atoms with van der Waals surface area (Å²) in [4.78, 5) is 19.0. The number of fused-ring (bicyclic) bond motifs is 5. The minimum Gasteiger partial charge on any atom is -0.460 e. The van der Waals surface area contributed by atoms with Crippen LogP contribution in [-0.4, -0.2) is 50.9 Å². The van der Waals surface area contributed by atoms with Crippen LogP contribution in [0, 0.1) is 34.5 Å². The average molecular weight is 457 g/mol. The number of ether oxygens (including phenoxy) is 1. The van der Waals surface area contributed by atoms with Crippen LogP contribution in [0.2, 0.25) is 0 Å². The summed E-state index contributed by atoms with van der Waals surface area (Å²) in [7, 11) is 0. The molecule has 33 heavy (non-hydrogen) atoms. The number of hydrogen-bond acceptors (Lipinski definition) is 5. The number of aromatic nitrogens is 3. The maximum absolute atomic E-state index is 12.1. The van der Waals surface area contributed by atoms with Crippen molar-refractivity contribution in [2.45, 2.75) is 104 Å². The molecule has 0 amide bonds. The highest BCUT2D eigenvalue weighted by Gasteiger charge is 2.64. The summed E-state index contributed by atoms with van der Waals surface area (Å²) < 4.78 is 8.03. The van der Waals surface area contributed by atoms with Crippen LogP contribution in [0.3, 0.4) is 0 Å². The second-order valence-electron chi connectivity index (χ2n) is 12.1. The number of hydrogen-bond donors (Lipinski definition) is 0. The topological polar surface area (TPSA) is 60.3 Å². The SMILES string of the molecule is CCN(CC)[C@H]1CC[C@@]2(C)[C@@H](CC[C@@H]3[C@@H]2CC[C@@]2(C)[C@H]3C[C@H](n3cncn3)[C@@H]2OC(C)=O)C1. The number of carbonyl (C=O) groups excluding carboxylic acids is 1. The minimum atomic E-state index is -0.167. The molecule has 0 aliphatic heterocycles. The highest BCUT2D eigenvalue weighted by atomic mass is 16.5. The van der Waals surface area contributed by atoms with Crippen LogP contribution in [0.4, 0.5) is 0 Å². The van der Waals surface area contributed by atoms with Gasteiger partial charge in [0.15, 0.2) is 0 Å². The van der Waals surface area contributed by atoms with Gasteiger partial charge in [-0.25, -0.2) is 9.67 Å². The molecular formula is C27H44N4O2. The molecule has 1 aromatic heterocycles. The van der Waals surface area contributed by atoms with Crippen LogP contribution in [0.5, 0.6) is 0 Å². The van der Waals surface area contributed by atoms with Crippen molar-refractivity contribution in [1.82, 2.24) is 19.7 Å². The maximum Gasteiger partial charge on any atom is 0.302 e. The molecule has 0 spiro atoms. The molecule has 9 atom stereocenters. The summed E-state index contributed by atoms with van der Waals surface area (Å²) in [6.07, 6.45) is 13.6. The van der Waals surface area contributed by atoms with E-state index in [-0.39, 0.29) is 23.5 Å². The standard InChI is InChI=1S/C27H44N4O2/c1-6-30(7-2)20-10-12-26(4)19(14-20)8-9-21-22(26)11-13-27(5)23(21)15-24(25(27)33-18(3)32)31-17-28-16-29-31/h16-17,19-25H,6-15H2,1-5H3/t19-,20-,21+,22-,23-,24-,25-,26-,27-/m0/s1. The van der Waals surface area contributed by atoms with E-state index in [4.69, 9.17) is 4.74 Å². The zero-order chi connectivity index (χ0) is 23.4. The fourth-order valence-electron chi connectivity index (χ4n) is 9.30.